The van der Waals surface area contributed by atoms with E-state index < -0.39 is 10.0 Å². The van der Waals surface area contributed by atoms with Gasteiger partial charge in [-0.3, -0.25) is 4.79 Å². The first-order valence-corrected chi connectivity index (χ1v) is 9.92. The van der Waals surface area contributed by atoms with Gasteiger partial charge in [0.15, 0.2) is 0 Å². The summed E-state index contributed by atoms with van der Waals surface area (Å²) in [6.07, 6.45) is 4.80. The predicted molar refractivity (Wildman–Crippen MR) is 94.5 cm³/mol. The van der Waals surface area contributed by atoms with Crippen LogP contribution in [0.15, 0.2) is 29.2 Å². The lowest BCUT2D eigenvalue weighted by Crippen LogP contribution is -2.32. The Bertz CT molecular complexity index is 636. The Morgan fingerprint density at radius 3 is 2.38 bits per heavy atom. The summed E-state index contributed by atoms with van der Waals surface area (Å²) >= 11 is 0. The average Bonchev–Trinajstić information content (AvgIpc) is 3.03. The molecule has 1 fully saturated rings. The van der Waals surface area contributed by atoms with Crippen LogP contribution in [0.25, 0.3) is 0 Å². The molecule has 134 valence electrons. The zero-order chi connectivity index (χ0) is 17.6. The minimum absolute atomic E-state index is 0.0367. The van der Waals surface area contributed by atoms with Gasteiger partial charge in [-0.2, -0.15) is 0 Å². The highest BCUT2D eigenvalue weighted by atomic mass is 32.2. The molecular weight excluding hydrogens is 326 g/mol. The molecular formula is C17H27N3O3S. The second kappa shape index (κ2) is 8.60. The van der Waals surface area contributed by atoms with Crippen LogP contribution in [0.4, 0.5) is 0 Å². The van der Waals surface area contributed by atoms with E-state index in [0.717, 1.165) is 38.6 Å². The van der Waals surface area contributed by atoms with Crippen molar-refractivity contribution in [2.45, 2.75) is 43.0 Å². The van der Waals surface area contributed by atoms with Gasteiger partial charge in [0.2, 0.25) is 10.0 Å². The fourth-order valence-electron chi connectivity index (χ4n) is 2.82. The second-order valence-corrected chi connectivity index (χ2v) is 8.25. The molecule has 0 aliphatic heterocycles. The van der Waals surface area contributed by atoms with E-state index >= 15 is 0 Å². The normalized spacial score (nSPS) is 15.8. The number of carbonyl (C=O) groups is 1. The molecule has 1 aliphatic carbocycles. The molecule has 1 aromatic carbocycles. The van der Waals surface area contributed by atoms with Crippen molar-refractivity contribution < 1.29 is 13.2 Å². The van der Waals surface area contributed by atoms with Crippen molar-refractivity contribution >= 4 is 15.9 Å². The Kier molecular flexibility index (Phi) is 6.77. The number of sulfonamides is 1. The van der Waals surface area contributed by atoms with Crippen LogP contribution in [0.1, 0.15) is 42.5 Å². The van der Waals surface area contributed by atoms with Gasteiger partial charge in [0.25, 0.3) is 5.91 Å². The number of hydrogen-bond acceptors (Lipinski definition) is 4. The molecule has 0 spiro atoms. The lowest BCUT2D eigenvalue weighted by Gasteiger charge is -2.13. The number of carbonyl (C=O) groups excluding carboxylic acids is 1. The molecule has 6 nitrogen and oxygen atoms in total. The summed E-state index contributed by atoms with van der Waals surface area (Å²) in [6, 6.07) is 6.14. The molecule has 1 aromatic rings. The highest BCUT2D eigenvalue weighted by Crippen LogP contribution is 2.20. The molecule has 1 aliphatic rings. The average molecular weight is 353 g/mol. The van der Waals surface area contributed by atoms with Gasteiger partial charge in [0, 0.05) is 18.2 Å². The van der Waals surface area contributed by atoms with E-state index in [1.54, 1.807) is 12.1 Å². The van der Waals surface area contributed by atoms with Gasteiger partial charge in [-0.1, -0.05) is 12.8 Å². The quantitative estimate of drug-likeness (QED) is 0.696. The van der Waals surface area contributed by atoms with Gasteiger partial charge in [-0.05, 0) is 64.2 Å². The van der Waals surface area contributed by atoms with E-state index in [1.807, 2.05) is 14.1 Å². The zero-order valence-corrected chi connectivity index (χ0v) is 15.2. The first-order valence-electron chi connectivity index (χ1n) is 8.44. The van der Waals surface area contributed by atoms with Crippen LogP contribution in [0.3, 0.4) is 0 Å². The van der Waals surface area contributed by atoms with E-state index in [-0.39, 0.29) is 16.8 Å². The molecule has 2 N–H and O–H groups in total. The Morgan fingerprint density at radius 1 is 1.17 bits per heavy atom. The fraction of sp³-hybridized carbons (Fsp3) is 0.588. The summed E-state index contributed by atoms with van der Waals surface area (Å²) < 4.78 is 27.4. The third-order valence-electron chi connectivity index (χ3n) is 4.17. The van der Waals surface area contributed by atoms with Gasteiger partial charge in [0.1, 0.15) is 0 Å². The van der Waals surface area contributed by atoms with Crippen molar-refractivity contribution in [2.75, 3.05) is 27.2 Å². The van der Waals surface area contributed by atoms with Crippen LogP contribution in [0.5, 0.6) is 0 Å². The predicted octanol–water partition coefficient (Wildman–Crippen LogP) is 1.59. The largest absolute Gasteiger partial charge is 0.352 e. The summed E-state index contributed by atoms with van der Waals surface area (Å²) in [7, 11) is 0.470. The molecule has 0 saturated heterocycles. The number of hydrogen-bond donors (Lipinski definition) is 2. The van der Waals surface area contributed by atoms with Crippen LogP contribution in [-0.4, -0.2) is 52.5 Å². The minimum atomic E-state index is -3.50. The molecule has 0 aromatic heterocycles. The molecule has 24 heavy (non-hydrogen) atoms. The van der Waals surface area contributed by atoms with Gasteiger partial charge in [-0.25, -0.2) is 13.1 Å². The van der Waals surface area contributed by atoms with E-state index in [2.05, 4.69) is 14.9 Å². The van der Waals surface area contributed by atoms with Gasteiger partial charge in [-0.15, -0.1) is 0 Å². The Balaban J connectivity index is 1.90. The summed E-state index contributed by atoms with van der Waals surface area (Å²) in [5.74, 6) is -0.179. The maximum atomic E-state index is 12.3. The van der Waals surface area contributed by atoms with Crippen molar-refractivity contribution in [1.29, 1.82) is 0 Å². The number of benzene rings is 1. The molecule has 2 rings (SSSR count). The van der Waals surface area contributed by atoms with E-state index in [1.165, 1.54) is 12.1 Å². The molecule has 1 amide bonds. The molecule has 0 bridgehead atoms. The third kappa shape index (κ3) is 5.58. The number of nitrogens with zero attached hydrogens (tertiary/aromatic N) is 1. The van der Waals surface area contributed by atoms with Crippen molar-refractivity contribution in [3.8, 4) is 0 Å². The van der Waals surface area contributed by atoms with Crippen molar-refractivity contribution in [1.82, 2.24) is 14.9 Å². The molecule has 0 atom stereocenters. The molecule has 0 heterocycles. The molecule has 0 unspecified atom stereocenters. The van der Waals surface area contributed by atoms with Crippen molar-refractivity contribution in [3.05, 3.63) is 29.8 Å². The summed E-state index contributed by atoms with van der Waals surface area (Å²) in [5, 5.41) is 2.84. The van der Waals surface area contributed by atoms with Crippen LogP contribution in [0.2, 0.25) is 0 Å². The van der Waals surface area contributed by atoms with E-state index in [0.29, 0.717) is 12.1 Å². The van der Waals surface area contributed by atoms with Crippen LogP contribution >= 0.6 is 0 Å². The summed E-state index contributed by atoms with van der Waals surface area (Å²) in [5.41, 5.74) is 0.472. The highest BCUT2D eigenvalue weighted by Gasteiger charge is 2.22. The first kappa shape index (κ1) is 18.9. The summed E-state index contributed by atoms with van der Waals surface area (Å²) in [4.78, 5) is 14.3. The monoisotopic (exact) mass is 353 g/mol. The van der Waals surface area contributed by atoms with Crippen LogP contribution in [-0.2, 0) is 10.0 Å². The lowest BCUT2D eigenvalue weighted by atomic mass is 10.2. The Labute approximate surface area is 144 Å². The van der Waals surface area contributed by atoms with Gasteiger partial charge < -0.3 is 10.2 Å². The fourth-order valence-corrected chi connectivity index (χ4v) is 4.12. The van der Waals surface area contributed by atoms with E-state index in [4.69, 9.17) is 0 Å². The number of rotatable bonds is 8. The van der Waals surface area contributed by atoms with Gasteiger partial charge in [0.05, 0.1) is 4.90 Å². The second-order valence-electron chi connectivity index (χ2n) is 6.54. The molecule has 7 heteroatoms. The molecule has 1 saturated carbocycles. The Hall–Kier alpha value is -1.44. The first-order chi connectivity index (χ1) is 11.4. The minimum Gasteiger partial charge on any atom is -0.352 e. The van der Waals surface area contributed by atoms with Crippen LogP contribution in [0, 0.1) is 0 Å². The van der Waals surface area contributed by atoms with Crippen molar-refractivity contribution in [3.63, 3.8) is 0 Å². The third-order valence-corrected chi connectivity index (χ3v) is 5.71. The van der Waals surface area contributed by atoms with Crippen LogP contribution < -0.4 is 10.0 Å². The Morgan fingerprint density at radius 2 is 1.79 bits per heavy atom. The number of amides is 1. The lowest BCUT2D eigenvalue weighted by molar-refractivity contribution is 0.0952. The summed E-state index contributed by atoms with van der Waals surface area (Å²) in [6.45, 7) is 1.50. The maximum absolute atomic E-state index is 12.3. The zero-order valence-electron chi connectivity index (χ0n) is 14.4. The topological polar surface area (TPSA) is 78.5 Å². The van der Waals surface area contributed by atoms with E-state index in [9.17, 15) is 13.2 Å². The maximum Gasteiger partial charge on any atom is 0.251 e. The standard InChI is InChI=1S/C17H27N3O3S/c1-20(2)13-5-12-18-17(21)14-8-10-16(11-9-14)24(22,23)19-15-6-3-4-7-15/h8-11,15,19H,3-7,12-13H2,1-2H3,(H,18,21). The smallest absolute Gasteiger partial charge is 0.251 e. The highest BCUT2D eigenvalue weighted by molar-refractivity contribution is 7.89. The molecule has 0 radical (unpaired) electrons. The number of nitrogens with one attached hydrogen (secondary N) is 2. The van der Waals surface area contributed by atoms with Crippen molar-refractivity contribution in [2.24, 2.45) is 0 Å². The van der Waals surface area contributed by atoms with Gasteiger partial charge >= 0.3 is 0 Å². The SMILES string of the molecule is CN(C)CCCNC(=O)c1ccc(S(=O)(=O)NC2CCCC2)cc1.